The summed E-state index contributed by atoms with van der Waals surface area (Å²) < 4.78 is 1.11. The first-order valence-electron chi connectivity index (χ1n) is 6.60. The predicted molar refractivity (Wildman–Crippen MR) is 78.5 cm³/mol. The Morgan fingerprint density at radius 1 is 1.32 bits per heavy atom. The van der Waals surface area contributed by atoms with Gasteiger partial charge in [-0.2, -0.15) is 0 Å². The lowest BCUT2D eigenvalue weighted by Gasteiger charge is -2.31. The molecule has 0 atom stereocenters. The largest absolute Gasteiger partial charge is 0.465 e. The number of amides is 1. The third kappa shape index (κ3) is 4.84. The van der Waals surface area contributed by atoms with Gasteiger partial charge in [-0.15, -0.1) is 0 Å². The topological polar surface area (TPSA) is 52.6 Å². The van der Waals surface area contributed by atoms with Gasteiger partial charge in [0.1, 0.15) is 0 Å². The first-order chi connectivity index (χ1) is 9.13. The van der Waals surface area contributed by atoms with Gasteiger partial charge in [0.25, 0.3) is 0 Å². The van der Waals surface area contributed by atoms with Crippen molar-refractivity contribution in [3.8, 4) is 0 Å². The average Bonchev–Trinajstić information content (AvgIpc) is 2.39. The van der Waals surface area contributed by atoms with E-state index < -0.39 is 6.09 Å². The molecule has 4 nitrogen and oxygen atoms in total. The Labute approximate surface area is 121 Å². The third-order valence-electron chi connectivity index (χ3n) is 3.55. The summed E-state index contributed by atoms with van der Waals surface area (Å²) in [7, 11) is 0. The van der Waals surface area contributed by atoms with Gasteiger partial charge < -0.3 is 15.3 Å². The van der Waals surface area contributed by atoms with Crippen LogP contribution >= 0.6 is 15.9 Å². The molecule has 2 rings (SSSR count). The van der Waals surface area contributed by atoms with Crippen LogP contribution in [-0.2, 0) is 6.42 Å². The summed E-state index contributed by atoms with van der Waals surface area (Å²) >= 11 is 3.43. The minimum atomic E-state index is -0.909. The second kappa shape index (κ2) is 6.91. The molecule has 1 amide bonds. The zero-order chi connectivity index (χ0) is 13.7. The number of nitrogens with one attached hydrogen (secondary N) is 1. The Morgan fingerprint density at radius 2 is 1.95 bits per heavy atom. The van der Waals surface area contributed by atoms with E-state index in [9.17, 15) is 4.79 Å². The highest BCUT2D eigenvalue weighted by atomic mass is 79.9. The van der Waals surface area contributed by atoms with Gasteiger partial charge in [0, 0.05) is 30.1 Å². The number of nitrogens with zero attached hydrogens (tertiary/aromatic N) is 1. The maximum absolute atomic E-state index is 10.6. The minimum Gasteiger partial charge on any atom is -0.465 e. The molecule has 1 aliphatic rings. The Morgan fingerprint density at radius 3 is 2.53 bits per heavy atom. The molecule has 0 radical (unpaired) electrons. The zero-order valence-corrected chi connectivity index (χ0v) is 12.4. The summed E-state index contributed by atoms with van der Waals surface area (Å²) in [4.78, 5) is 13.0. The Kier molecular flexibility index (Phi) is 5.22. The average molecular weight is 327 g/mol. The van der Waals surface area contributed by atoms with Crippen molar-refractivity contribution in [1.82, 2.24) is 10.2 Å². The number of likely N-dealkylation sites (tertiary alicyclic amines) is 1. The van der Waals surface area contributed by atoms with E-state index in [0.717, 1.165) is 43.4 Å². The molecule has 2 N–H and O–H groups in total. The van der Waals surface area contributed by atoms with E-state index in [1.807, 2.05) is 0 Å². The second-order valence-corrected chi connectivity index (χ2v) is 5.86. The van der Waals surface area contributed by atoms with E-state index in [-0.39, 0.29) is 6.04 Å². The molecule has 5 heteroatoms. The van der Waals surface area contributed by atoms with Gasteiger partial charge >= 0.3 is 6.09 Å². The van der Waals surface area contributed by atoms with Crippen LogP contribution in [0, 0.1) is 0 Å². The van der Waals surface area contributed by atoms with Gasteiger partial charge in [0.05, 0.1) is 0 Å². The lowest BCUT2D eigenvalue weighted by Crippen LogP contribution is -2.44. The van der Waals surface area contributed by atoms with Crippen LogP contribution in [0.4, 0.5) is 4.79 Å². The fourth-order valence-corrected chi connectivity index (χ4v) is 2.68. The Hall–Kier alpha value is -1.07. The first-order valence-corrected chi connectivity index (χ1v) is 7.39. The summed E-state index contributed by atoms with van der Waals surface area (Å²) in [5.41, 5.74) is 1.34. The van der Waals surface area contributed by atoms with Crippen molar-refractivity contribution in [2.45, 2.75) is 25.3 Å². The number of carbonyl (C=O) groups is 1. The molecular weight excluding hydrogens is 308 g/mol. The predicted octanol–water partition coefficient (Wildman–Crippen LogP) is 2.72. The maximum Gasteiger partial charge on any atom is 0.404 e. The van der Waals surface area contributed by atoms with Crippen LogP contribution in [0.1, 0.15) is 18.4 Å². The SMILES string of the molecule is O=C(O)NC1CCN(CCc2ccc(Br)cc2)CC1. The van der Waals surface area contributed by atoms with Crippen molar-refractivity contribution in [3.05, 3.63) is 34.3 Å². The molecule has 1 saturated heterocycles. The molecule has 1 heterocycles. The standard InChI is InChI=1S/C14H19BrN2O2/c15-12-3-1-11(2-4-12)5-8-17-9-6-13(7-10-17)16-14(18)19/h1-4,13,16H,5-10H2,(H,18,19). The molecule has 0 unspecified atom stereocenters. The normalized spacial score (nSPS) is 17.3. The van der Waals surface area contributed by atoms with Crippen LogP contribution in [0.3, 0.4) is 0 Å². The highest BCUT2D eigenvalue weighted by molar-refractivity contribution is 9.10. The summed E-state index contributed by atoms with van der Waals surface area (Å²) in [6.07, 6.45) is 1.96. The van der Waals surface area contributed by atoms with Crippen LogP contribution in [0.15, 0.2) is 28.7 Å². The van der Waals surface area contributed by atoms with E-state index in [4.69, 9.17) is 5.11 Å². The molecule has 104 valence electrons. The third-order valence-corrected chi connectivity index (χ3v) is 4.07. The van der Waals surface area contributed by atoms with Gasteiger partial charge in [-0.05, 0) is 37.0 Å². The number of hydrogen-bond acceptors (Lipinski definition) is 2. The van der Waals surface area contributed by atoms with E-state index in [0.29, 0.717) is 0 Å². The van der Waals surface area contributed by atoms with Crippen molar-refractivity contribution in [1.29, 1.82) is 0 Å². The van der Waals surface area contributed by atoms with Gasteiger partial charge in [0.15, 0.2) is 0 Å². The summed E-state index contributed by atoms with van der Waals surface area (Å²) in [5, 5.41) is 11.2. The van der Waals surface area contributed by atoms with Crippen molar-refractivity contribution in [3.63, 3.8) is 0 Å². The molecule has 0 saturated carbocycles. The summed E-state index contributed by atoms with van der Waals surface area (Å²) in [6, 6.07) is 8.55. The first kappa shape index (κ1) is 14.3. The summed E-state index contributed by atoms with van der Waals surface area (Å²) in [6.45, 7) is 2.99. The number of piperidine rings is 1. The smallest absolute Gasteiger partial charge is 0.404 e. The van der Waals surface area contributed by atoms with Gasteiger partial charge in [0.2, 0.25) is 0 Å². The van der Waals surface area contributed by atoms with Crippen LogP contribution in [0.2, 0.25) is 0 Å². The molecule has 1 aromatic carbocycles. The maximum atomic E-state index is 10.6. The number of rotatable bonds is 4. The van der Waals surface area contributed by atoms with E-state index in [2.05, 4.69) is 50.4 Å². The minimum absolute atomic E-state index is 0.126. The van der Waals surface area contributed by atoms with Crippen LogP contribution in [-0.4, -0.2) is 41.8 Å². The molecule has 19 heavy (non-hydrogen) atoms. The molecule has 0 spiro atoms. The van der Waals surface area contributed by atoms with Crippen LogP contribution in [0.25, 0.3) is 0 Å². The fourth-order valence-electron chi connectivity index (χ4n) is 2.41. The zero-order valence-electron chi connectivity index (χ0n) is 10.8. The lowest BCUT2D eigenvalue weighted by molar-refractivity contribution is 0.169. The van der Waals surface area contributed by atoms with Crippen molar-refractivity contribution < 1.29 is 9.90 Å². The Balaban J connectivity index is 1.71. The molecule has 0 aromatic heterocycles. The fraction of sp³-hybridized carbons (Fsp3) is 0.500. The number of halogens is 1. The summed E-state index contributed by atoms with van der Waals surface area (Å²) in [5.74, 6) is 0. The molecule has 1 aliphatic heterocycles. The van der Waals surface area contributed by atoms with Gasteiger partial charge in [-0.25, -0.2) is 4.79 Å². The molecule has 1 aromatic rings. The molecule has 0 bridgehead atoms. The number of hydrogen-bond donors (Lipinski definition) is 2. The van der Waals surface area contributed by atoms with Gasteiger partial charge in [-0.1, -0.05) is 28.1 Å². The molecule has 0 aliphatic carbocycles. The van der Waals surface area contributed by atoms with Crippen molar-refractivity contribution in [2.24, 2.45) is 0 Å². The van der Waals surface area contributed by atoms with E-state index >= 15 is 0 Å². The van der Waals surface area contributed by atoms with E-state index in [1.165, 1.54) is 5.56 Å². The van der Waals surface area contributed by atoms with Gasteiger partial charge in [-0.3, -0.25) is 0 Å². The number of benzene rings is 1. The quantitative estimate of drug-likeness (QED) is 0.894. The highest BCUT2D eigenvalue weighted by Crippen LogP contribution is 2.13. The van der Waals surface area contributed by atoms with E-state index in [1.54, 1.807) is 0 Å². The molecule has 1 fully saturated rings. The second-order valence-electron chi connectivity index (χ2n) is 4.94. The monoisotopic (exact) mass is 326 g/mol. The van der Waals surface area contributed by atoms with Crippen LogP contribution < -0.4 is 5.32 Å². The van der Waals surface area contributed by atoms with Crippen molar-refractivity contribution in [2.75, 3.05) is 19.6 Å². The lowest BCUT2D eigenvalue weighted by atomic mass is 10.0. The van der Waals surface area contributed by atoms with Crippen molar-refractivity contribution >= 4 is 22.0 Å². The highest BCUT2D eigenvalue weighted by Gasteiger charge is 2.19. The molecular formula is C14H19BrN2O2. The number of carboxylic acid groups (broad SMARTS) is 1. The Bertz CT molecular complexity index is 414. The van der Waals surface area contributed by atoms with Crippen LogP contribution in [0.5, 0.6) is 0 Å².